The minimum atomic E-state index is -0.000139. The Labute approximate surface area is 117 Å². The van der Waals surface area contributed by atoms with Gasteiger partial charge in [-0.2, -0.15) is 0 Å². The summed E-state index contributed by atoms with van der Waals surface area (Å²) in [5.74, 6) is 5.82. The summed E-state index contributed by atoms with van der Waals surface area (Å²) in [4.78, 5) is 0. The summed E-state index contributed by atoms with van der Waals surface area (Å²) in [6, 6.07) is 6.33. The topological polar surface area (TPSA) is 47.3 Å². The summed E-state index contributed by atoms with van der Waals surface area (Å²) in [5, 5.41) is 0. The first-order chi connectivity index (χ1) is 8.82. The molecule has 0 aliphatic heterocycles. The molecule has 0 heterocycles. The molecule has 1 aromatic rings. The van der Waals surface area contributed by atoms with E-state index < -0.39 is 0 Å². The quantitative estimate of drug-likeness (QED) is 0.634. The van der Waals surface area contributed by atoms with Crippen molar-refractivity contribution in [2.45, 2.75) is 53.7 Å². The van der Waals surface area contributed by atoms with Gasteiger partial charge in [0.2, 0.25) is 0 Å². The van der Waals surface area contributed by atoms with Crippen LogP contribution in [0.15, 0.2) is 18.2 Å². The first-order valence-electron chi connectivity index (χ1n) is 6.96. The maximum Gasteiger partial charge on any atom is 0.0830 e. The summed E-state index contributed by atoms with van der Waals surface area (Å²) in [7, 11) is 0. The zero-order chi connectivity index (χ0) is 14.6. The van der Waals surface area contributed by atoms with Crippen molar-refractivity contribution < 1.29 is 4.74 Å². The number of hydrazine groups is 1. The Morgan fingerprint density at radius 2 is 1.89 bits per heavy atom. The summed E-state index contributed by atoms with van der Waals surface area (Å²) in [5.41, 5.74) is 6.75. The predicted octanol–water partition coefficient (Wildman–Crippen LogP) is 3.26. The van der Waals surface area contributed by atoms with E-state index in [4.69, 9.17) is 10.6 Å². The molecule has 0 spiro atoms. The molecule has 2 atom stereocenters. The van der Waals surface area contributed by atoms with Crippen LogP contribution in [0.25, 0.3) is 0 Å². The highest BCUT2D eigenvalue weighted by Crippen LogP contribution is 2.34. The van der Waals surface area contributed by atoms with E-state index in [1.807, 2.05) is 6.92 Å². The highest BCUT2D eigenvalue weighted by atomic mass is 16.5. The minimum Gasteiger partial charge on any atom is -0.376 e. The van der Waals surface area contributed by atoms with Gasteiger partial charge in [0.05, 0.1) is 12.1 Å². The number of hydrogen-bond acceptors (Lipinski definition) is 3. The molecule has 3 nitrogen and oxygen atoms in total. The normalized spacial score (nSPS) is 15.3. The fourth-order valence-corrected chi connectivity index (χ4v) is 2.48. The molecule has 3 heteroatoms. The third kappa shape index (κ3) is 3.78. The first-order valence-corrected chi connectivity index (χ1v) is 6.96. The number of aryl methyl sites for hydroxylation is 1. The van der Waals surface area contributed by atoms with Crippen LogP contribution in [0.2, 0.25) is 0 Å². The highest BCUT2D eigenvalue weighted by molar-refractivity contribution is 5.36. The Bertz CT molecular complexity index is 410. The molecule has 3 N–H and O–H groups in total. The second-order valence-corrected chi connectivity index (χ2v) is 6.18. The molecule has 0 radical (unpaired) electrons. The van der Waals surface area contributed by atoms with Gasteiger partial charge >= 0.3 is 0 Å². The molecule has 0 aromatic heterocycles. The van der Waals surface area contributed by atoms with Crippen molar-refractivity contribution in [1.82, 2.24) is 5.43 Å². The van der Waals surface area contributed by atoms with Crippen molar-refractivity contribution in [1.29, 1.82) is 0 Å². The molecule has 0 amide bonds. The molecule has 0 bridgehead atoms. The van der Waals surface area contributed by atoms with Crippen LogP contribution in [0, 0.1) is 19.3 Å². The molecule has 0 aliphatic carbocycles. The van der Waals surface area contributed by atoms with Crippen LogP contribution >= 0.6 is 0 Å². The number of benzene rings is 1. The lowest BCUT2D eigenvalue weighted by Gasteiger charge is -2.37. The molecule has 0 aliphatic rings. The zero-order valence-corrected chi connectivity index (χ0v) is 13.1. The van der Waals surface area contributed by atoms with E-state index >= 15 is 0 Å². The van der Waals surface area contributed by atoms with E-state index in [0.29, 0.717) is 6.61 Å². The van der Waals surface area contributed by atoms with Gasteiger partial charge in [0, 0.05) is 6.61 Å². The Kier molecular flexibility index (Phi) is 5.53. The van der Waals surface area contributed by atoms with Gasteiger partial charge in [-0.15, -0.1) is 0 Å². The Morgan fingerprint density at radius 3 is 2.37 bits per heavy atom. The average molecular weight is 264 g/mol. The largest absolute Gasteiger partial charge is 0.376 e. The van der Waals surface area contributed by atoms with Gasteiger partial charge < -0.3 is 4.74 Å². The lowest BCUT2D eigenvalue weighted by molar-refractivity contribution is -0.0368. The van der Waals surface area contributed by atoms with E-state index in [-0.39, 0.29) is 17.6 Å². The molecule has 1 rings (SSSR count). The summed E-state index contributed by atoms with van der Waals surface area (Å²) in [6.07, 6.45) is 0.0306. The fraction of sp³-hybridized carbons (Fsp3) is 0.625. The third-order valence-corrected chi connectivity index (χ3v) is 3.66. The van der Waals surface area contributed by atoms with Crippen LogP contribution in [0.1, 0.15) is 50.4 Å². The van der Waals surface area contributed by atoms with Crippen molar-refractivity contribution in [2.75, 3.05) is 6.61 Å². The van der Waals surface area contributed by atoms with E-state index in [1.54, 1.807) is 0 Å². The molecule has 0 saturated heterocycles. The molecule has 1 aromatic carbocycles. The van der Waals surface area contributed by atoms with Crippen LogP contribution in [0.3, 0.4) is 0 Å². The van der Waals surface area contributed by atoms with Crippen molar-refractivity contribution in [2.24, 2.45) is 11.3 Å². The van der Waals surface area contributed by atoms with Gasteiger partial charge in [-0.3, -0.25) is 11.3 Å². The van der Waals surface area contributed by atoms with E-state index in [2.05, 4.69) is 58.2 Å². The van der Waals surface area contributed by atoms with Crippen molar-refractivity contribution in [3.8, 4) is 0 Å². The fourth-order valence-electron chi connectivity index (χ4n) is 2.48. The average Bonchev–Trinajstić information content (AvgIpc) is 2.33. The second kappa shape index (κ2) is 6.51. The van der Waals surface area contributed by atoms with Crippen molar-refractivity contribution in [3.63, 3.8) is 0 Å². The van der Waals surface area contributed by atoms with Crippen LogP contribution in [0.5, 0.6) is 0 Å². The molecular formula is C16H28N2O. The summed E-state index contributed by atoms with van der Waals surface area (Å²) in [6.45, 7) is 13.5. The number of hydrogen-bond donors (Lipinski definition) is 2. The lowest BCUT2D eigenvalue weighted by atomic mass is 9.80. The van der Waals surface area contributed by atoms with Crippen LogP contribution in [-0.2, 0) is 4.74 Å². The van der Waals surface area contributed by atoms with Gasteiger partial charge in [-0.1, -0.05) is 39.0 Å². The van der Waals surface area contributed by atoms with Gasteiger partial charge in [-0.25, -0.2) is 0 Å². The molecule has 2 unspecified atom stereocenters. The number of nitrogens with two attached hydrogens (primary N) is 1. The molecular weight excluding hydrogens is 236 g/mol. The minimum absolute atomic E-state index is 0.000139. The smallest absolute Gasteiger partial charge is 0.0830 e. The summed E-state index contributed by atoms with van der Waals surface area (Å²) >= 11 is 0. The third-order valence-electron chi connectivity index (χ3n) is 3.66. The Balaban J connectivity index is 3.20. The molecule has 0 saturated carbocycles. The van der Waals surface area contributed by atoms with Gasteiger partial charge in [0.15, 0.2) is 0 Å². The zero-order valence-electron chi connectivity index (χ0n) is 13.1. The molecule has 0 fully saturated rings. The van der Waals surface area contributed by atoms with E-state index in [0.717, 1.165) is 0 Å². The monoisotopic (exact) mass is 264 g/mol. The first kappa shape index (κ1) is 16.2. The highest BCUT2D eigenvalue weighted by Gasteiger charge is 2.34. The van der Waals surface area contributed by atoms with Crippen LogP contribution in [-0.4, -0.2) is 12.7 Å². The van der Waals surface area contributed by atoms with Crippen molar-refractivity contribution >= 4 is 0 Å². The van der Waals surface area contributed by atoms with Crippen LogP contribution < -0.4 is 11.3 Å². The van der Waals surface area contributed by atoms with Gasteiger partial charge in [0.25, 0.3) is 0 Å². The Hall–Kier alpha value is -0.900. The van der Waals surface area contributed by atoms with Crippen LogP contribution in [0.4, 0.5) is 0 Å². The summed E-state index contributed by atoms with van der Waals surface area (Å²) < 4.78 is 5.97. The van der Waals surface area contributed by atoms with E-state index in [1.165, 1.54) is 16.7 Å². The maximum absolute atomic E-state index is 5.97. The number of nitrogens with one attached hydrogen (secondary N) is 1. The van der Waals surface area contributed by atoms with Crippen molar-refractivity contribution in [3.05, 3.63) is 34.9 Å². The number of ether oxygens (including phenoxy) is 1. The second-order valence-electron chi connectivity index (χ2n) is 6.18. The van der Waals surface area contributed by atoms with Gasteiger partial charge in [-0.05, 0) is 42.9 Å². The van der Waals surface area contributed by atoms with E-state index in [9.17, 15) is 0 Å². The number of rotatable bonds is 5. The molecule has 108 valence electrons. The predicted molar refractivity (Wildman–Crippen MR) is 80.8 cm³/mol. The maximum atomic E-state index is 5.97. The van der Waals surface area contributed by atoms with Gasteiger partial charge in [0.1, 0.15) is 0 Å². The lowest BCUT2D eigenvalue weighted by Crippen LogP contribution is -2.45. The molecule has 19 heavy (non-hydrogen) atoms. The SMILES string of the molecule is CCOC(C(NN)c1cccc(C)c1C)C(C)(C)C. The Morgan fingerprint density at radius 1 is 1.26 bits per heavy atom. The standard InChI is InChI=1S/C16H28N2O/c1-7-19-15(16(4,5)6)14(18-17)13-10-8-9-11(2)12(13)3/h8-10,14-15,18H,7,17H2,1-6H3.